The van der Waals surface area contributed by atoms with Crippen LogP contribution in [0.25, 0.3) is 0 Å². The fourth-order valence-electron chi connectivity index (χ4n) is 1.66. The van der Waals surface area contributed by atoms with E-state index in [2.05, 4.69) is 15.9 Å². The van der Waals surface area contributed by atoms with Crippen molar-refractivity contribution in [2.45, 2.75) is 12.5 Å². The highest BCUT2D eigenvalue weighted by atomic mass is 79.9. The highest BCUT2D eigenvalue weighted by molar-refractivity contribution is 9.10. The van der Waals surface area contributed by atoms with Gasteiger partial charge in [-0.15, -0.1) is 0 Å². The van der Waals surface area contributed by atoms with Gasteiger partial charge in [-0.3, -0.25) is 4.79 Å². The Hall–Kier alpha value is -1.01. The predicted molar refractivity (Wildman–Crippen MR) is 59.0 cm³/mol. The van der Waals surface area contributed by atoms with Gasteiger partial charge in [0.25, 0.3) is 0 Å². The van der Waals surface area contributed by atoms with Gasteiger partial charge in [-0.2, -0.15) is 0 Å². The molecule has 1 aliphatic rings. The number of anilines is 1. The Morgan fingerprint density at radius 2 is 2.06 bits per heavy atom. The van der Waals surface area contributed by atoms with E-state index in [1.807, 2.05) is 0 Å². The Morgan fingerprint density at radius 1 is 1.38 bits per heavy atom. The van der Waals surface area contributed by atoms with E-state index >= 15 is 0 Å². The van der Waals surface area contributed by atoms with Gasteiger partial charge in [0.15, 0.2) is 0 Å². The molecule has 1 amide bonds. The first kappa shape index (κ1) is 11.5. The third-order valence-corrected chi connectivity index (χ3v) is 3.14. The molecule has 1 unspecified atom stereocenters. The number of hydrogen-bond donors (Lipinski definition) is 1. The molecule has 6 heteroatoms. The second-order valence-electron chi connectivity index (χ2n) is 3.60. The molecule has 0 bridgehead atoms. The topological polar surface area (TPSA) is 46.3 Å². The first-order valence-electron chi connectivity index (χ1n) is 4.72. The Balaban J connectivity index is 2.41. The van der Waals surface area contributed by atoms with Crippen molar-refractivity contribution in [2.75, 3.05) is 11.4 Å². The number of carbonyl (C=O) groups excluding carboxylic acids is 1. The zero-order chi connectivity index (χ0) is 11.9. The van der Waals surface area contributed by atoms with E-state index in [0.29, 0.717) is 13.0 Å². The van der Waals surface area contributed by atoms with Crippen LogP contribution in [0.4, 0.5) is 14.5 Å². The normalized spacial score (nSPS) is 20.6. The van der Waals surface area contributed by atoms with E-state index in [-0.39, 0.29) is 16.1 Å². The Kier molecular flexibility index (Phi) is 2.94. The molecule has 1 aromatic rings. The van der Waals surface area contributed by atoms with Crippen molar-refractivity contribution in [1.29, 1.82) is 0 Å². The summed E-state index contributed by atoms with van der Waals surface area (Å²) in [5, 5.41) is 0. The molecule has 0 radical (unpaired) electrons. The quantitative estimate of drug-likeness (QED) is 0.802. The van der Waals surface area contributed by atoms with Crippen molar-refractivity contribution in [1.82, 2.24) is 0 Å². The third kappa shape index (κ3) is 1.82. The first-order valence-corrected chi connectivity index (χ1v) is 5.51. The smallest absolute Gasteiger partial charge is 0.244 e. The van der Waals surface area contributed by atoms with Crippen LogP contribution in [0.2, 0.25) is 0 Å². The van der Waals surface area contributed by atoms with Crippen LogP contribution in [0.3, 0.4) is 0 Å². The van der Waals surface area contributed by atoms with E-state index in [4.69, 9.17) is 5.73 Å². The van der Waals surface area contributed by atoms with Crippen LogP contribution >= 0.6 is 15.9 Å². The Bertz CT molecular complexity index is 453. The van der Waals surface area contributed by atoms with E-state index < -0.39 is 17.7 Å². The minimum Gasteiger partial charge on any atom is -0.320 e. The van der Waals surface area contributed by atoms with Crippen LogP contribution in [-0.2, 0) is 4.79 Å². The molecule has 1 aliphatic heterocycles. The monoisotopic (exact) mass is 290 g/mol. The van der Waals surface area contributed by atoms with Crippen LogP contribution in [-0.4, -0.2) is 18.5 Å². The SMILES string of the molecule is NC1CCN(c2cc(Br)c(F)cc2F)C1=O. The summed E-state index contributed by atoms with van der Waals surface area (Å²) in [5.41, 5.74) is 5.59. The van der Waals surface area contributed by atoms with Gasteiger partial charge in [0.1, 0.15) is 11.6 Å². The molecule has 2 rings (SSSR count). The van der Waals surface area contributed by atoms with Gasteiger partial charge in [-0.1, -0.05) is 0 Å². The number of nitrogens with two attached hydrogens (primary N) is 1. The molecule has 1 heterocycles. The molecule has 86 valence electrons. The van der Waals surface area contributed by atoms with E-state index in [0.717, 1.165) is 6.07 Å². The summed E-state index contributed by atoms with van der Waals surface area (Å²) in [7, 11) is 0. The molecule has 1 saturated heterocycles. The molecule has 0 saturated carbocycles. The molecule has 1 fully saturated rings. The van der Waals surface area contributed by atoms with Gasteiger partial charge < -0.3 is 10.6 Å². The van der Waals surface area contributed by atoms with Gasteiger partial charge in [-0.05, 0) is 28.4 Å². The van der Waals surface area contributed by atoms with Crippen LogP contribution < -0.4 is 10.6 Å². The molecular formula is C10H9BrF2N2O. The maximum atomic E-state index is 13.5. The lowest BCUT2D eigenvalue weighted by Gasteiger charge is -2.17. The minimum atomic E-state index is -0.761. The molecule has 0 spiro atoms. The van der Waals surface area contributed by atoms with Crippen LogP contribution in [0.5, 0.6) is 0 Å². The molecular weight excluding hydrogens is 282 g/mol. The zero-order valence-corrected chi connectivity index (χ0v) is 9.80. The molecule has 16 heavy (non-hydrogen) atoms. The molecule has 0 aliphatic carbocycles. The number of benzene rings is 1. The van der Waals surface area contributed by atoms with Gasteiger partial charge in [0.2, 0.25) is 5.91 Å². The second-order valence-corrected chi connectivity index (χ2v) is 4.46. The van der Waals surface area contributed by atoms with E-state index in [9.17, 15) is 13.6 Å². The van der Waals surface area contributed by atoms with Crippen molar-refractivity contribution >= 4 is 27.5 Å². The van der Waals surface area contributed by atoms with Gasteiger partial charge in [0.05, 0.1) is 16.2 Å². The van der Waals surface area contributed by atoms with Gasteiger partial charge in [0, 0.05) is 12.6 Å². The van der Waals surface area contributed by atoms with Crippen LogP contribution in [0.15, 0.2) is 16.6 Å². The second kappa shape index (κ2) is 4.10. The Morgan fingerprint density at radius 3 is 2.62 bits per heavy atom. The highest BCUT2D eigenvalue weighted by Crippen LogP contribution is 2.29. The zero-order valence-electron chi connectivity index (χ0n) is 8.21. The number of nitrogens with zero attached hydrogens (tertiary/aromatic N) is 1. The van der Waals surface area contributed by atoms with Crippen LogP contribution in [0.1, 0.15) is 6.42 Å². The van der Waals surface area contributed by atoms with Gasteiger partial charge >= 0.3 is 0 Å². The summed E-state index contributed by atoms with van der Waals surface area (Å²) >= 11 is 2.95. The number of rotatable bonds is 1. The van der Waals surface area contributed by atoms with E-state index in [1.165, 1.54) is 11.0 Å². The third-order valence-electron chi connectivity index (χ3n) is 2.53. The first-order chi connectivity index (χ1) is 7.50. The summed E-state index contributed by atoms with van der Waals surface area (Å²) in [6, 6.07) is 1.40. The number of carbonyl (C=O) groups is 1. The van der Waals surface area contributed by atoms with Crippen molar-refractivity contribution < 1.29 is 13.6 Å². The summed E-state index contributed by atoms with van der Waals surface area (Å²) in [5.74, 6) is -1.79. The summed E-state index contributed by atoms with van der Waals surface area (Å²) in [6.45, 7) is 0.356. The molecule has 1 atom stereocenters. The summed E-state index contributed by atoms with van der Waals surface area (Å²) < 4.78 is 26.6. The lowest BCUT2D eigenvalue weighted by atomic mass is 10.2. The standard InChI is InChI=1S/C10H9BrF2N2O/c11-5-3-9(7(13)4-6(5)12)15-2-1-8(14)10(15)16/h3-4,8H,1-2,14H2. The lowest BCUT2D eigenvalue weighted by molar-refractivity contribution is -0.118. The fraction of sp³-hybridized carbons (Fsp3) is 0.300. The molecule has 2 N–H and O–H groups in total. The Labute approximate surface area is 99.3 Å². The maximum absolute atomic E-state index is 13.5. The van der Waals surface area contributed by atoms with Crippen molar-refractivity contribution in [3.63, 3.8) is 0 Å². The average Bonchev–Trinajstić information content (AvgIpc) is 2.54. The largest absolute Gasteiger partial charge is 0.320 e. The van der Waals surface area contributed by atoms with Gasteiger partial charge in [-0.25, -0.2) is 8.78 Å². The summed E-state index contributed by atoms with van der Waals surface area (Å²) in [4.78, 5) is 12.8. The van der Waals surface area contributed by atoms with Crippen LogP contribution in [0, 0.1) is 11.6 Å². The number of halogens is 3. The fourth-order valence-corrected chi connectivity index (χ4v) is 1.99. The van der Waals surface area contributed by atoms with Crippen molar-refractivity contribution in [3.8, 4) is 0 Å². The molecule has 1 aromatic carbocycles. The predicted octanol–water partition coefficient (Wildman–Crippen LogP) is 1.79. The maximum Gasteiger partial charge on any atom is 0.244 e. The van der Waals surface area contributed by atoms with E-state index in [1.54, 1.807) is 0 Å². The highest BCUT2D eigenvalue weighted by Gasteiger charge is 2.31. The molecule has 3 nitrogen and oxygen atoms in total. The number of amides is 1. The molecule has 0 aromatic heterocycles. The van der Waals surface area contributed by atoms with Crippen molar-refractivity contribution in [3.05, 3.63) is 28.2 Å². The van der Waals surface area contributed by atoms with Crippen molar-refractivity contribution in [2.24, 2.45) is 5.73 Å². The number of hydrogen-bond acceptors (Lipinski definition) is 2. The lowest BCUT2D eigenvalue weighted by Crippen LogP contribution is -2.34. The average molecular weight is 291 g/mol. The summed E-state index contributed by atoms with van der Waals surface area (Å²) in [6.07, 6.45) is 0.479. The minimum absolute atomic E-state index is 0.0613.